The van der Waals surface area contributed by atoms with Gasteiger partial charge in [-0.1, -0.05) is 115 Å². The fourth-order valence-corrected chi connectivity index (χ4v) is 8.94. The van der Waals surface area contributed by atoms with Crippen molar-refractivity contribution in [1.82, 2.24) is 4.98 Å². The molecule has 0 aliphatic rings. The number of anilines is 3. The van der Waals surface area contributed by atoms with Crippen LogP contribution in [0.1, 0.15) is 0 Å². The van der Waals surface area contributed by atoms with Crippen molar-refractivity contribution in [2.75, 3.05) is 4.90 Å². The van der Waals surface area contributed by atoms with Crippen LogP contribution in [-0.2, 0) is 0 Å². The Labute approximate surface area is 314 Å². The predicted octanol–water partition coefficient (Wildman–Crippen LogP) is 14.6. The van der Waals surface area contributed by atoms with Crippen molar-refractivity contribution < 1.29 is 8.83 Å². The van der Waals surface area contributed by atoms with Crippen LogP contribution in [0, 0.1) is 0 Å². The molecule has 3 heterocycles. The van der Waals surface area contributed by atoms with Gasteiger partial charge in [0.15, 0.2) is 11.2 Å². The largest absolute Gasteiger partial charge is 0.454 e. The number of aromatic nitrogens is 1. The number of furan rings is 1. The van der Waals surface area contributed by atoms with E-state index in [4.69, 9.17) is 13.8 Å². The Balaban J connectivity index is 1.08. The third kappa shape index (κ3) is 4.94. The summed E-state index contributed by atoms with van der Waals surface area (Å²) in [6.45, 7) is 0. The highest BCUT2D eigenvalue weighted by molar-refractivity contribution is 7.25. The van der Waals surface area contributed by atoms with Gasteiger partial charge in [0.1, 0.15) is 11.1 Å². The van der Waals surface area contributed by atoms with Gasteiger partial charge in [-0.25, -0.2) is 4.98 Å². The van der Waals surface area contributed by atoms with E-state index >= 15 is 0 Å². The van der Waals surface area contributed by atoms with Gasteiger partial charge in [0.05, 0.1) is 11.1 Å². The first-order chi connectivity index (χ1) is 26.8. The van der Waals surface area contributed by atoms with Gasteiger partial charge < -0.3 is 13.7 Å². The van der Waals surface area contributed by atoms with E-state index in [1.54, 1.807) is 0 Å². The van der Waals surface area contributed by atoms with Gasteiger partial charge in [0, 0.05) is 42.5 Å². The molecule has 3 aromatic heterocycles. The van der Waals surface area contributed by atoms with Crippen molar-refractivity contribution in [2.24, 2.45) is 0 Å². The number of fused-ring (bicyclic) bond motifs is 8. The zero-order valence-corrected chi connectivity index (χ0v) is 29.8. The summed E-state index contributed by atoms with van der Waals surface area (Å²) in [7, 11) is 0. The normalized spacial score (nSPS) is 11.7. The Morgan fingerprint density at radius 2 is 1.04 bits per heavy atom. The summed E-state index contributed by atoms with van der Waals surface area (Å²) >= 11 is 1.85. The molecule has 0 bridgehead atoms. The number of para-hydroxylation sites is 1. The quantitative estimate of drug-likeness (QED) is 0.172. The molecule has 5 heteroatoms. The van der Waals surface area contributed by atoms with Gasteiger partial charge >= 0.3 is 0 Å². The summed E-state index contributed by atoms with van der Waals surface area (Å²) in [4.78, 5) is 7.29. The van der Waals surface area contributed by atoms with Crippen molar-refractivity contribution in [3.05, 3.63) is 182 Å². The van der Waals surface area contributed by atoms with Crippen molar-refractivity contribution in [1.29, 1.82) is 0 Å². The number of rotatable bonds is 6. The summed E-state index contributed by atoms with van der Waals surface area (Å²) < 4.78 is 15.7. The molecule has 0 aliphatic carbocycles. The minimum atomic E-state index is 0.593. The second kappa shape index (κ2) is 12.3. The second-order valence-electron chi connectivity index (χ2n) is 13.5. The molecule has 0 atom stereocenters. The first-order valence-electron chi connectivity index (χ1n) is 18.0. The number of oxazole rings is 1. The minimum Gasteiger partial charge on any atom is -0.454 e. The fraction of sp³-hybridized carbons (Fsp3) is 0. The van der Waals surface area contributed by atoms with E-state index in [-0.39, 0.29) is 0 Å². The molecule has 0 unspecified atom stereocenters. The monoisotopic (exact) mass is 710 g/mol. The van der Waals surface area contributed by atoms with E-state index in [0.29, 0.717) is 5.89 Å². The highest BCUT2D eigenvalue weighted by Gasteiger charge is 2.22. The molecule has 0 spiro atoms. The molecule has 0 aliphatic heterocycles. The van der Waals surface area contributed by atoms with Crippen LogP contribution in [0.4, 0.5) is 17.1 Å². The molecule has 11 aromatic rings. The first-order valence-corrected chi connectivity index (χ1v) is 18.8. The average molecular weight is 711 g/mol. The standard InChI is InChI=1S/C49H30N2O2S/c1-3-11-31(12-4-1)32-21-25-35(26-22-32)51(36-27-23-33(24-28-36)37-16-10-20-44-45(37)38-15-7-8-19-43(38)54-44)40-18-9-17-39-46-41(52-48(39)40)29-30-42-47(46)50-49(53-42)34-13-5-2-6-14-34/h1-30H. The van der Waals surface area contributed by atoms with Crippen molar-refractivity contribution in [3.63, 3.8) is 0 Å². The van der Waals surface area contributed by atoms with Crippen molar-refractivity contribution >= 4 is 81.6 Å². The predicted molar refractivity (Wildman–Crippen MR) is 225 cm³/mol. The van der Waals surface area contributed by atoms with Crippen LogP contribution in [-0.4, -0.2) is 4.98 Å². The van der Waals surface area contributed by atoms with Crippen LogP contribution in [0.15, 0.2) is 191 Å². The SMILES string of the molecule is c1ccc(-c2ccc(N(c3ccc(-c4cccc5sc6ccccc6c45)cc3)c3cccc4c3oc3ccc5oc(-c6ccccc6)nc5c34)cc2)cc1. The Bertz CT molecular complexity index is 3140. The molecule has 0 saturated heterocycles. The summed E-state index contributed by atoms with van der Waals surface area (Å²) in [6.07, 6.45) is 0. The van der Waals surface area contributed by atoms with Crippen LogP contribution in [0.5, 0.6) is 0 Å². The van der Waals surface area contributed by atoms with Gasteiger partial charge in [0.2, 0.25) is 5.89 Å². The van der Waals surface area contributed by atoms with E-state index in [1.165, 1.54) is 36.9 Å². The summed E-state index contributed by atoms with van der Waals surface area (Å²) in [5.74, 6) is 0.593. The molecule has 8 aromatic carbocycles. The van der Waals surface area contributed by atoms with Gasteiger partial charge in [-0.3, -0.25) is 0 Å². The first kappa shape index (κ1) is 30.7. The smallest absolute Gasteiger partial charge is 0.227 e. The Morgan fingerprint density at radius 1 is 0.426 bits per heavy atom. The fourth-order valence-electron chi connectivity index (χ4n) is 7.81. The zero-order chi connectivity index (χ0) is 35.6. The van der Waals surface area contributed by atoms with E-state index in [0.717, 1.165) is 61.2 Å². The number of hydrogen-bond acceptors (Lipinski definition) is 5. The third-order valence-electron chi connectivity index (χ3n) is 10.3. The molecule has 254 valence electrons. The summed E-state index contributed by atoms with van der Waals surface area (Å²) in [5, 5.41) is 4.53. The minimum absolute atomic E-state index is 0.593. The van der Waals surface area contributed by atoms with E-state index in [1.807, 2.05) is 59.9 Å². The van der Waals surface area contributed by atoms with Crippen molar-refractivity contribution in [2.45, 2.75) is 0 Å². The molecule has 0 fully saturated rings. The number of hydrogen-bond donors (Lipinski definition) is 0. The van der Waals surface area contributed by atoms with Crippen LogP contribution >= 0.6 is 11.3 Å². The lowest BCUT2D eigenvalue weighted by molar-refractivity contribution is 0.619. The van der Waals surface area contributed by atoms with Crippen LogP contribution in [0.3, 0.4) is 0 Å². The van der Waals surface area contributed by atoms with Gasteiger partial charge in [-0.2, -0.15) is 0 Å². The van der Waals surface area contributed by atoms with E-state index in [9.17, 15) is 0 Å². The third-order valence-corrected chi connectivity index (χ3v) is 11.5. The van der Waals surface area contributed by atoms with Crippen molar-refractivity contribution in [3.8, 4) is 33.7 Å². The molecule has 0 N–H and O–H groups in total. The number of thiophene rings is 1. The molecular weight excluding hydrogens is 681 g/mol. The van der Waals surface area contributed by atoms with Crippen LogP contribution in [0.2, 0.25) is 0 Å². The molecule has 11 rings (SSSR count). The van der Waals surface area contributed by atoms with Crippen LogP contribution in [0.25, 0.3) is 86.9 Å². The van der Waals surface area contributed by atoms with E-state index < -0.39 is 0 Å². The van der Waals surface area contributed by atoms with Gasteiger partial charge in [-0.15, -0.1) is 11.3 Å². The lowest BCUT2D eigenvalue weighted by atomic mass is 9.99. The maximum atomic E-state index is 6.77. The lowest BCUT2D eigenvalue weighted by Crippen LogP contribution is -2.10. The van der Waals surface area contributed by atoms with Gasteiger partial charge in [0.25, 0.3) is 0 Å². The zero-order valence-electron chi connectivity index (χ0n) is 28.9. The maximum Gasteiger partial charge on any atom is 0.227 e. The topological polar surface area (TPSA) is 42.4 Å². The lowest BCUT2D eigenvalue weighted by Gasteiger charge is -2.26. The second-order valence-corrected chi connectivity index (χ2v) is 14.6. The molecule has 0 radical (unpaired) electrons. The maximum absolute atomic E-state index is 6.77. The number of nitrogens with zero attached hydrogens (tertiary/aromatic N) is 2. The highest BCUT2D eigenvalue weighted by atomic mass is 32.1. The average Bonchev–Trinajstić information content (AvgIpc) is 3.96. The van der Waals surface area contributed by atoms with E-state index in [2.05, 4.69) is 138 Å². The molecule has 0 amide bonds. The summed E-state index contributed by atoms with van der Waals surface area (Å²) in [5.41, 5.74) is 11.8. The Kier molecular flexibility index (Phi) is 7.00. The van der Waals surface area contributed by atoms with Crippen LogP contribution < -0.4 is 4.90 Å². The molecule has 4 nitrogen and oxygen atoms in total. The van der Waals surface area contributed by atoms with Gasteiger partial charge in [-0.05, 0) is 89.0 Å². The molecule has 54 heavy (non-hydrogen) atoms. The Hall–Kier alpha value is -6.95. The highest BCUT2D eigenvalue weighted by Crippen LogP contribution is 2.45. The Morgan fingerprint density at radius 3 is 1.81 bits per heavy atom. The molecule has 0 saturated carbocycles. The number of benzene rings is 8. The summed E-state index contributed by atoms with van der Waals surface area (Å²) in [6, 6.07) is 63.8. The molecular formula is C49H30N2O2S.